The van der Waals surface area contributed by atoms with Gasteiger partial charge < -0.3 is 0 Å². The number of carbonyl (C=O) groups excluding carboxylic acids is 1. The van der Waals surface area contributed by atoms with Gasteiger partial charge in [-0.3, -0.25) is 4.79 Å². The summed E-state index contributed by atoms with van der Waals surface area (Å²) >= 11 is 2.73. The molecule has 0 aliphatic rings. The summed E-state index contributed by atoms with van der Waals surface area (Å²) in [4.78, 5) is 14.3. The second-order valence-corrected chi connectivity index (χ2v) is 8.25. The van der Waals surface area contributed by atoms with Gasteiger partial charge >= 0.3 is 0 Å². The molecule has 0 saturated carbocycles. The van der Waals surface area contributed by atoms with E-state index in [4.69, 9.17) is 0 Å². The lowest BCUT2D eigenvalue weighted by Crippen LogP contribution is -2.25. The van der Waals surface area contributed by atoms with E-state index in [0.29, 0.717) is 16.2 Å². The minimum atomic E-state index is -3.21. The number of hydrogen-bond donors (Lipinski definition) is 1. The van der Waals surface area contributed by atoms with Crippen molar-refractivity contribution >= 4 is 38.5 Å². The minimum Gasteiger partial charge on any atom is -0.287 e. The standard InChI is InChI=1S/C13H15NO3S3/c1-2-8-20(16,17)14-9-10-5-6-12(19-10)13(15)11-4-3-7-18-11/h3-7,14H,2,8-9H2,1H3. The summed E-state index contributed by atoms with van der Waals surface area (Å²) in [5.74, 6) is 0.118. The van der Waals surface area contributed by atoms with E-state index in [1.165, 1.54) is 22.7 Å². The van der Waals surface area contributed by atoms with Gasteiger partial charge in [0.1, 0.15) is 0 Å². The Morgan fingerprint density at radius 2 is 2.05 bits per heavy atom. The topological polar surface area (TPSA) is 63.2 Å². The van der Waals surface area contributed by atoms with Crippen LogP contribution in [0, 0.1) is 0 Å². The molecule has 0 unspecified atom stereocenters. The molecule has 0 radical (unpaired) electrons. The van der Waals surface area contributed by atoms with E-state index < -0.39 is 10.0 Å². The van der Waals surface area contributed by atoms with Crippen LogP contribution in [0.25, 0.3) is 0 Å². The van der Waals surface area contributed by atoms with Gasteiger partial charge in [0.2, 0.25) is 15.8 Å². The summed E-state index contributed by atoms with van der Waals surface area (Å²) in [6.07, 6.45) is 0.585. The molecule has 0 aliphatic carbocycles. The molecular weight excluding hydrogens is 314 g/mol. The van der Waals surface area contributed by atoms with Crippen molar-refractivity contribution in [2.45, 2.75) is 19.9 Å². The maximum absolute atomic E-state index is 12.1. The molecular formula is C13H15NO3S3. The normalized spacial score (nSPS) is 11.7. The molecule has 2 aromatic rings. The lowest BCUT2D eigenvalue weighted by Gasteiger charge is -2.03. The molecule has 7 heteroatoms. The molecule has 0 amide bonds. The summed E-state index contributed by atoms with van der Waals surface area (Å²) in [5, 5.41) is 1.86. The van der Waals surface area contributed by atoms with Crippen LogP contribution in [0.5, 0.6) is 0 Å². The average molecular weight is 329 g/mol. The molecule has 0 aromatic carbocycles. The Morgan fingerprint density at radius 3 is 2.70 bits per heavy atom. The third-order valence-corrected chi connectivity index (χ3v) is 6.05. The van der Waals surface area contributed by atoms with Crippen molar-refractivity contribution in [3.05, 3.63) is 44.3 Å². The van der Waals surface area contributed by atoms with Crippen molar-refractivity contribution < 1.29 is 13.2 Å². The van der Waals surface area contributed by atoms with Crippen molar-refractivity contribution in [3.8, 4) is 0 Å². The highest BCUT2D eigenvalue weighted by Gasteiger charge is 2.14. The summed E-state index contributed by atoms with van der Waals surface area (Å²) in [6.45, 7) is 2.06. The first kappa shape index (κ1) is 15.4. The fourth-order valence-corrected chi connectivity index (χ4v) is 4.44. The van der Waals surface area contributed by atoms with E-state index in [9.17, 15) is 13.2 Å². The summed E-state index contributed by atoms with van der Waals surface area (Å²) in [7, 11) is -3.21. The molecule has 2 rings (SSSR count). The zero-order valence-corrected chi connectivity index (χ0v) is 13.4. The first-order valence-corrected chi connectivity index (χ1v) is 9.51. The Hall–Kier alpha value is -1.02. The van der Waals surface area contributed by atoms with E-state index in [2.05, 4.69) is 4.72 Å². The fraction of sp³-hybridized carbons (Fsp3) is 0.308. The number of carbonyl (C=O) groups is 1. The van der Waals surface area contributed by atoms with Gasteiger partial charge in [-0.2, -0.15) is 0 Å². The van der Waals surface area contributed by atoms with Gasteiger partial charge in [-0.1, -0.05) is 13.0 Å². The third kappa shape index (κ3) is 3.99. The van der Waals surface area contributed by atoms with Crippen molar-refractivity contribution in [2.24, 2.45) is 0 Å². The Balaban J connectivity index is 2.01. The van der Waals surface area contributed by atoms with Crippen molar-refractivity contribution in [1.29, 1.82) is 0 Å². The predicted molar refractivity (Wildman–Crippen MR) is 83.0 cm³/mol. The van der Waals surface area contributed by atoms with Crippen LogP contribution >= 0.6 is 22.7 Å². The van der Waals surface area contributed by atoms with Crippen LogP contribution in [0.2, 0.25) is 0 Å². The monoisotopic (exact) mass is 329 g/mol. The highest BCUT2D eigenvalue weighted by Crippen LogP contribution is 2.22. The predicted octanol–water partition coefficient (Wildman–Crippen LogP) is 2.87. The molecule has 2 heterocycles. The highest BCUT2D eigenvalue weighted by atomic mass is 32.2. The zero-order chi connectivity index (χ0) is 14.6. The van der Waals surface area contributed by atoms with Gasteiger partial charge in [0.15, 0.2) is 0 Å². The molecule has 1 N–H and O–H groups in total. The Kier molecular flexibility index (Phi) is 5.09. The number of thiophene rings is 2. The first-order chi connectivity index (χ1) is 9.52. The van der Waals surface area contributed by atoms with Gasteiger partial charge in [0.25, 0.3) is 0 Å². The van der Waals surface area contributed by atoms with E-state index in [1.54, 1.807) is 18.2 Å². The van der Waals surface area contributed by atoms with E-state index in [-0.39, 0.29) is 18.1 Å². The first-order valence-electron chi connectivity index (χ1n) is 6.16. The fourth-order valence-electron chi connectivity index (χ4n) is 1.65. The second kappa shape index (κ2) is 6.62. The van der Waals surface area contributed by atoms with Crippen LogP contribution in [-0.4, -0.2) is 20.0 Å². The van der Waals surface area contributed by atoms with Gasteiger partial charge in [0.05, 0.1) is 15.5 Å². The quantitative estimate of drug-likeness (QED) is 0.795. The summed E-state index contributed by atoms with van der Waals surface area (Å²) in [5.41, 5.74) is 0. The lowest BCUT2D eigenvalue weighted by atomic mass is 10.3. The van der Waals surface area contributed by atoms with Gasteiger partial charge in [-0.05, 0) is 30.0 Å². The minimum absolute atomic E-state index is 0.00679. The molecule has 4 nitrogen and oxygen atoms in total. The Labute approximate surface area is 126 Å². The number of rotatable bonds is 7. The van der Waals surface area contributed by atoms with Gasteiger partial charge in [0, 0.05) is 11.4 Å². The zero-order valence-electron chi connectivity index (χ0n) is 11.0. The summed E-state index contributed by atoms with van der Waals surface area (Å²) in [6, 6.07) is 7.16. The molecule has 0 spiro atoms. The molecule has 108 valence electrons. The third-order valence-electron chi connectivity index (χ3n) is 2.57. The Morgan fingerprint density at radius 1 is 1.25 bits per heavy atom. The van der Waals surface area contributed by atoms with Crippen molar-refractivity contribution in [3.63, 3.8) is 0 Å². The van der Waals surface area contributed by atoms with Crippen LogP contribution in [0.15, 0.2) is 29.6 Å². The van der Waals surface area contributed by atoms with Crippen LogP contribution in [-0.2, 0) is 16.6 Å². The second-order valence-electron chi connectivity index (χ2n) is 4.21. The van der Waals surface area contributed by atoms with Crippen molar-refractivity contribution in [2.75, 3.05) is 5.75 Å². The smallest absolute Gasteiger partial charge is 0.212 e. The molecule has 0 aliphatic heterocycles. The van der Waals surface area contributed by atoms with E-state index in [1.807, 2.05) is 18.4 Å². The maximum Gasteiger partial charge on any atom is 0.212 e. The van der Waals surface area contributed by atoms with Gasteiger partial charge in [-0.25, -0.2) is 13.1 Å². The van der Waals surface area contributed by atoms with Gasteiger partial charge in [-0.15, -0.1) is 22.7 Å². The average Bonchev–Trinajstić information content (AvgIpc) is 3.07. The highest BCUT2D eigenvalue weighted by molar-refractivity contribution is 7.89. The summed E-state index contributed by atoms with van der Waals surface area (Å²) < 4.78 is 25.7. The molecule has 0 atom stereocenters. The number of ketones is 1. The molecule has 0 bridgehead atoms. The SMILES string of the molecule is CCCS(=O)(=O)NCc1ccc(C(=O)c2cccs2)s1. The van der Waals surface area contributed by atoms with E-state index >= 15 is 0 Å². The number of hydrogen-bond acceptors (Lipinski definition) is 5. The number of sulfonamides is 1. The molecule has 20 heavy (non-hydrogen) atoms. The Bertz CT molecular complexity index is 672. The van der Waals surface area contributed by atoms with Crippen LogP contribution < -0.4 is 4.72 Å². The molecule has 2 aromatic heterocycles. The number of nitrogens with one attached hydrogen (secondary N) is 1. The lowest BCUT2D eigenvalue weighted by molar-refractivity contribution is 0.104. The van der Waals surface area contributed by atoms with E-state index in [0.717, 1.165) is 4.88 Å². The van der Waals surface area contributed by atoms with Crippen molar-refractivity contribution in [1.82, 2.24) is 4.72 Å². The largest absolute Gasteiger partial charge is 0.287 e. The van der Waals surface area contributed by atoms with Crippen LogP contribution in [0.3, 0.4) is 0 Å². The maximum atomic E-state index is 12.1. The molecule has 0 fully saturated rings. The van der Waals surface area contributed by atoms with Crippen LogP contribution in [0.4, 0.5) is 0 Å². The van der Waals surface area contributed by atoms with Crippen LogP contribution in [0.1, 0.15) is 32.8 Å². The molecule has 0 saturated heterocycles.